The molecule has 0 atom stereocenters. The number of amides is 1. The van der Waals surface area contributed by atoms with Gasteiger partial charge in [-0.25, -0.2) is 12.8 Å². The molecule has 0 bridgehead atoms. The lowest BCUT2D eigenvalue weighted by Crippen LogP contribution is -2.35. The number of carbonyl (C=O) groups is 1. The number of primary amides is 1. The van der Waals surface area contributed by atoms with Gasteiger partial charge in [-0.05, 0) is 12.1 Å². The van der Waals surface area contributed by atoms with E-state index >= 15 is 0 Å². The van der Waals surface area contributed by atoms with Crippen molar-refractivity contribution >= 4 is 33.2 Å². The minimum Gasteiger partial charge on any atom is -0.399 e. The molecule has 0 aliphatic rings. The van der Waals surface area contributed by atoms with Crippen LogP contribution in [0.5, 0.6) is 0 Å². The fourth-order valence-corrected chi connectivity index (χ4v) is 2.78. The molecule has 1 rings (SSSR count). The van der Waals surface area contributed by atoms with Gasteiger partial charge in [-0.15, -0.1) is 0 Å². The number of rotatable bonds is 4. The largest absolute Gasteiger partial charge is 0.399 e. The van der Waals surface area contributed by atoms with Gasteiger partial charge < -0.3 is 11.5 Å². The van der Waals surface area contributed by atoms with Crippen LogP contribution in [0.4, 0.5) is 10.1 Å². The lowest BCUT2D eigenvalue weighted by molar-refractivity contribution is -0.118. The van der Waals surface area contributed by atoms with Crippen molar-refractivity contribution in [2.45, 2.75) is 4.90 Å². The first kappa shape index (κ1) is 14.7. The van der Waals surface area contributed by atoms with Crippen LogP contribution >= 0.6 is 11.6 Å². The second-order valence-electron chi connectivity index (χ2n) is 3.54. The number of hydrogen-bond acceptors (Lipinski definition) is 4. The molecule has 1 aromatic carbocycles. The predicted molar refractivity (Wildman–Crippen MR) is 64.8 cm³/mol. The minimum atomic E-state index is -4.22. The Morgan fingerprint density at radius 3 is 2.56 bits per heavy atom. The molecule has 0 radical (unpaired) electrons. The van der Waals surface area contributed by atoms with Gasteiger partial charge in [-0.3, -0.25) is 4.79 Å². The van der Waals surface area contributed by atoms with Gasteiger partial charge in [-0.1, -0.05) is 11.6 Å². The number of halogens is 2. The summed E-state index contributed by atoms with van der Waals surface area (Å²) in [6, 6.07) is 2.01. The van der Waals surface area contributed by atoms with Gasteiger partial charge in [-0.2, -0.15) is 4.31 Å². The van der Waals surface area contributed by atoms with Crippen LogP contribution in [0.15, 0.2) is 17.0 Å². The second kappa shape index (κ2) is 5.09. The molecule has 0 fully saturated rings. The van der Waals surface area contributed by atoms with Crippen LogP contribution in [0, 0.1) is 5.82 Å². The molecule has 0 heterocycles. The molecule has 0 unspecified atom stereocenters. The van der Waals surface area contributed by atoms with Crippen molar-refractivity contribution in [2.24, 2.45) is 5.73 Å². The van der Waals surface area contributed by atoms with Crippen LogP contribution in [-0.2, 0) is 14.8 Å². The number of nitrogens with zero attached hydrogens (tertiary/aromatic N) is 1. The number of carbonyl (C=O) groups excluding carboxylic acids is 1. The molecule has 4 N–H and O–H groups in total. The topological polar surface area (TPSA) is 106 Å². The van der Waals surface area contributed by atoms with Crippen LogP contribution in [0.25, 0.3) is 0 Å². The van der Waals surface area contributed by atoms with E-state index in [9.17, 15) is 17.6 Å². The van der Waals surface area contributed by atoms with Gasteiger partial charge >= 0.3 is 0 Å². The highest BCUT2D eigenvalue weighted by atomic mass is 35.5. The van der Waals surface area contributed by atoms with Crippen molar-refractivity contribution in [3.63, 3.8) is 0 Å². The summed E-state index contributed by atoms with van der Waals surface area (Å²) < 4.78 is 38.2. The van der Waals surface area contributed by atoms with Crippen molar-refractivity contribution in [1.29, 1.82) is 0 Å². The minimum absolute atomic E-state index is 0.00699. The van der Waals surface area contributed by atoms with Crippen LogP contribution in [-0.4, -0.2) is 32.2 Å². The van der Waals surface area contributed by atoms with Crippen LogP contribution in [0.3, 0.4) is 0 Å². The van der Waals surface area contributed by atoms with Crippen LogP contribution < -0.4 is 11.5 Å². The van der Waals surface area contributed by atoms with E-state index in [0.29, 0.717) is 4.31 Å². The summed E-state index contributed by atoms with van der Waals surface area (Å²) in [4.78, 5) is 9.98. The van der Waals surface area contributed by atoms with Gasteiger partial charge in [0, 0.05) is 12.7 Å². The molecule has 0 saturated carbocycles. The predicted octanol–water partition coefficient (Wildman–Crippen LogP) is 0.167. The number of nitrogens with two attached hydrogens (primary N) is 2. The molecule has 0 spiro atoms. The number of anilines is 1. The number of likely N-dealkylation sites (N-methyl/N-ethyl adjacent to an activating group) is 1. The summed E-state index contributed by atoms with van der Waals surface area (Å²) >= 11 is 5.51. The highest BCUT2D eigenvalue weighted by Crippen LogP contribution is 2.27. The summed E-state index contributed by atoms with van der Waals surface area (Å²) in [7, 11) is -3.12. The van der Waals surface area contributed by atoms with E-state index in [1.54, 1.807) is 0 Å². The second-order valence-corrected chi connectivity index (χ2v) is 5.96. The molecule has 9 heteroatoms. The summed E-state index contributed by atoms with van der Waals surface area (Å²) in [5, 5.41) is -0.416. The summed E-state index contributed by atoms with van der Waals surface area (Å²) in [6.07, 6.45) is 0. The van der Waals surface area contributed by atoms with Gasteiger partial charge in [0.2, 0.25) is 15.9 Å². The summed E-state index contributed by atoms with van der Waals surface area (Å²) in [6.45, 7) is -0.575. The van der Waals surface area contributed by atoms with E-state index in [1.165, 1.54) is 0 Å². The Labute approximate surface area is 108 Å². The third-order valence-electron chi connectivity index (χ3n) is 2.08. The van der Waals surface area contributed by atoms with Crippen LogP contribution in [0.1, 0.15) is 0 Å². The first-order valence-electron chi connectivity index (χ1n) is 4.65. The van der Waals surface area contributed by atoms with Crippen molar-refractivity contribution in [3.8, 4) is 0 Å². The van der Waals surface area contributed by atoms with Gasteiger partial charge in [0.25, 0.3) is 0 Å². The Morgan fingerprint density at radius 1 is 1.50 bits per heavy atom. The number of benzene rings is 1. The van der Waals surface area contributed by atoms with E-state index in [2.05, 4.69) is 0 Å². The Bertz CT molecular complexity index is 591. The monoisotopic (exact) mass is 295 g/mol. The Kier molecular flexibility index (Phi) is 4.15. The lowest BCUT2D eigenvalue weighted by atomic mass is 10.3. The average molecular weight is 296 g/mol. The molecule has 0 aromatic heterocycles. The van der Waals surface area contributed by atoms with Gasteiger partial charge in [0.1, 0.15) is 4.90 Å². The molecular formula is C9H11ClFN3O3S. The zero-order valence-corrected chi connectivity index (χ0v) is 10.9. The summed E-state index contributed by atoms with van der Waals surface area (Å²) in [5.74, 6) is -1.99. The Hall–Kier alpha value is -1.38. The molecule has 6 nitrogen and oxygen atoms in total. The Morgan fingerprint density at radius 2 is 2.06 bits per heavy atom. The highest BCUT2D eigenvalue weighted by molar-refractivity contribution is 7.89. The maximum absolute atomic E-state index is 13.7. The molecule has 1 aromatic rings. The van der Waals surface area contributed by atoms with Crippen LogP contribution in [0.2, 0.25) is 5.02 Å². The highest BCUT2D eigenvalue weighted by Gasteiger charge is 2.27. The summed E-state index contributed by atoms with van der Waals surface area (Å²) in [5.41, 5.74) is 10.3. The first-order chi connectivity index (χ1) is 8.16. The maximum Gasteiger partial charge on any atom is 0.246 e. The van der Waals surface area contributed by atoms with E-state index < -0.39 is 38.2 Å². The maximum atomic E-state index is 13.7. The zero-order valence-electron chi connectivity index (χ0n) is 9.35. The van der Waals surface area contributed by atoms with Gasteiger partial charge in [0.05, 0.1) is 11.6 Å². The fourth-order valence-electron chi connectivity index (χ4n) is 1.24. The first-order valence-corrected chi connectivity index (χ1v) is 6.47. The van der Waals surface area contributed by atoms with E-state index in [1.807, 2.05) is 0 Å². The molecule has 0 saturated heterocycles. The normalized spacial score (nSPS) is 11.8. The molecule has 18 heavy (non-hydrogen) atoms. The number of nitrogen functional groups attached to an aromatic ring is 1. The van der Waals surface area contributed by atoms with Gasteiger partial charge in [0.15, 0.2) is 5.82 Å². The zero-order chi connectivity index (χ0) is 14.1. The molecule has 100 valence electrons. The third-order valence-corrected chi connectivity index (χ3v) is 4.16. The SMILES string of the molecule is CN(CC(N)=O)S(=O)(=O)c1cc(N)cc(Cl)c1F. The standard InChI is InChI=1S/C9H11ClFN3O3S/c1-14(4-8(13)15)18(16,17)7-3-5(12)2-6(10)9(7)11/h2-3H,4,12H2,1H3,(H2,13,15). The molecule has 0 aliphatic heterocycles. The van der Waals surface area contributed by atoms with Crippen molar-refractivity contribution in [3.05, 3.63) is 23.0 Å². The third kappa shape index (κ3) is 2.89. The average Bonchev–Trinajstić information content (AvgIpc) is 2.22. The van der Waals surface area contributed by atoms with E-state index in [-0.39, 0.29) is 5.69 Å². The number of hydrogen-bond donors (Lipinski definition) is 2. The quantitative estimate of drug-likeness (QED) is 0.772. The molecule has 0 aliphatic carbocycles. The smallest absolute Gasteiger partial charge is 0.246 e. The van der Waals surface area contributed by atoms with Crippen molar-refractivity contribution < 1.29 is 17.6 Å². The fraction of sp³-hybridized carbons (Fsp3) is 0.222. The lowest BCUT2D eigenvalue weighted by Gasteiger charge is -2.16. The van der Waals surface area contributed by atoms with Crippen molar-refractivity contribution in [1.82, 2.24) is 4.31 Å². The molecular weight excluding hydrogens is 285 g/mol. The molecule has 1 amide bonds. The van der Waals surface area contributed by atoms with E-state index in [4.69, 9.17) is 23.1 Å². The number of sulfonamides is 1. The Balaban J connectivity index is 3.33. The van der Waals surface area contributed by atoms with Crippen molar-refractivity contribution in [2.75, 3.05) is 19.3 Å². The van der Waals surface area contributed by atoms with E-state index in [0.717, 1.165) is 19.2 Å².